The van der Waals surface area contributed by atoms with E-state index < -0.39 is 12.8 Å². The molecule has 29 heavy (non-hydrogen) atoms. The second-order valence-electron chi connectivity index (χ2n) is 6.31. The molecule has 0 radical (unpaired) electrons. The molecule has 0 saturated heterocycles. The summed E-state index contributed by atoms with van der Waals surface area (Å²) in [5, 5.41) is 6.33. The molecule has 0 unspecified atom stereocenters. The Hall–Kier alpha value is -1.40. The average Bonchev–Trinajstić information content (AvgIpc) is 3.03. The fourth-order valence-electron chi connectivity index (χ4n) is 2.46. The Labute approximate surface area is 190 Å². The summed E-state index contributed by atoms with van der Waals surface area (Å²) in [6.45, 7) is 4.54. The Morgan fingerprint density at radius 3 is 2.45 bits per heavy atom. The van der Waals surface area contributed by atoms with Gasteiger partial charge in [-0.3, -0.25) is 0 Å². The number of guanidine groups is 1. The van der Waals surface area contributed by atoms with E-state index in [4.69, 9.17) is 0 Å². The number of thiazole rings is 1. The third-order valence-electron chi connectivity index (χ3n) is 3.73. The van der Waals surface area contributed by atoms with Crippen molar-refractivity contribution in [3.63, 3.8) is 0 Å². The summed E-state index contributed by atoms with van der Waals surface area (Å²) in [4.78, 5) is 11.1. The fraction of sp³-hybridized carbons (Fsp3) is 0.474. The normalized spacial score (nSPS) is 11.9. The van der Waals surface area contributed by atoms with Crippen molar-refractivity contribution in [2.45, 2.75) is 39.7 Å². The molecule has 0 saturated carbocycles. The summed E-state index contributed by atoms with van der Waals surface area (Å²) >= 11 is 1.62. The Bertz CT molecular complexity index is 766. The van der Waals surface area contributed by atoms with Crippen LogP contribution >= 0.6 is 35.3 Å². The van der Waals surface area contributed by atoms with Gasteiger partial charge in [-0.25, -0.2) is 9.98 Å². The zero-order valence-electron chi connectivity index (χ0n) is 16.6. The molecular formula is C19H26F3IN4OS. The molecule has 1 aromatic heterocycles. The topological polar surface area (TPSA) is 49.8 Å². The van der Waals surface area contributed by atoms with E-state index >= 15 is 0 Å². The minimum atomic E-state index is -4.30. The molecule has 0 spiro atoms. The number of benzene rings is 1. The highest BCUT2D eigenvalue weighted by atomic mass is 127. The lowest BCUT2D eigenvalue weighted by Crippen LogP contribution is -2.38. The quantitative estimate of drug-likeness (QED) is 0.298. The maximum Gasteiger partial charge on any atom is 0.411 e. The molecule has 10 heteroatoms. The van der Waals surface area contributed by atoms with Crippen LogP contribution in [-0.2, 0) is 24.4 Å². The van der Waals surface area contributed by atoms with Crippen molar-refractivity contribution in [1.29, 1.82) is 0 Å². The number of aryl methyl sites for hydroxylation is 1. The number of nitrogens with zero attached hydrogens (tertiary/aromatic N) is 3. The summed E-state index contributed by atoms with van der Waals surface area (Å²) in [5.74, 6) is 0.769. The van der Waals surface area contributed by atoms with Crippen LogP contribution in [0.2, 0.25) is 0 Å². The molecule has 1 heterocycles. The zero-order chi connectivity index (χ0) is 20.6. The van der Waals surface area contributed by atoms with Gasteiger partial charge < -0.3 is 15.0 Å². The summed E-state index contributed by atoms with van der Waals surface area (Å²) < 4.78 is 41.0. The first-order valence-electron chi connectivity index (χ1n) is 8.89. The van der Waals surface area contributed by atoms with E-state index in [1.807, 2.05) is 43.3 Å². The molecule has 5 nitrogen and oxygen atoms in total. The lowest BCUT2D eigenvalue weighted by atomic mass is 10.1. The van der Waals surface area contributed by atoms with Gasteiger partial charge >= 0.3 is 6.18 Å². The number of halogens is 4. The average molecular weight is 542 g/mol. The van der Waals surface area contributed by atoms with Crippen LogP contribution in [0.3, 0.4) is 0 Å². The first-order valence-corrected chi connectivity index (χ1v) is 9.77. The van der Waals surface area contributed by atoms with E-state index in [1.165, 1.54) is 0 Å². The molecule has 0 bridgehead atoms. The van der Waals surface area contributed by atoms with E-state index in [2.05, 4.69) is 20.0 Å². The Morgan fingerprint density at radius 1 is 1.24 bits per heavy atom. The van der Waals surface area contributed by atoms with Crippen LogP contribution in [0, 0.1) is 6.92 Å². The zero-order valence-corrected chi connectivity index (χ0v) is 19.8. The highest BCUT2D eigenvalue weighted by Gasteiger charge is 2.27. The smallest absolute Gasteiger partial charge is 0.367 e. The third kappa shape index (κ3) is 9.77. The van der Waals surface area contributed by atoms with Crippen LogP contribution in [0.4, 0.5) is 13.2 Å². The van der Waals surface area contributed by atoms with E-state index in [-0.39, 0.29) is 30.6 Å². The molecule has 1 aromatic carbocycles. The van der Waals surface area contributed by atoms with Crippen molar-refractivity contribution >= 4 is 41.3 Å². The second-order valence-corrected chi connectivity index (χ2v) is 7.37. The van der Waals surface area contributed by atoms with Gasteiger partial charge in [-0.1, -0.05) is 24.3 Å². The lowest BCUT2D eigenvalue weighted by Gasteiger charge is -2.21. The van der Waals surface area contributed by atoms with Crippen LogP contribution in [0.5, 0.6) is 0 Å². The van der Waals surface area contributed by atoms with Gasteiger partial charge in [-0.2, -0.15) is 13.2 Å². The summed E-state index contributed by atoms with van der Waals surface area (Å²) in [6, 6.07) is 7.22. The van der Waals surface area contributed by atoms with Crippen LogP contribution < -0.4 is 5.32 Å². The number of aliphatic imine (C=N–C) groups is 1. The fourth-order valence-corrected chi connectivity index (χ4v) is 3.06. The number of ether oxygens (including phenoxy) is 1. The molecule has 162 valence electrons. The minimum absolute atomic E-state index is 0. The molecule has 2 rings (SSSR count). The number of aromatic nitrogens is 1. The van der Waals surface area contributed by atoms with Crippen molar-refractivity contribution < 1.29 is 17.9 Å². The van der Waals surface area contributed by atoms with Gasteiger partial charge in [0.1, 0.15) is 6.61 Å². The molecular weight excluding hydrogens is 516 g/mol. The third-order valence-corrected chi connectivity index (χ3v) is 4.55. The molecule has 0 aliphatic carbocycles. The van der Waals surface area contributed by atoms with Gasteiger partial charge in [0.15, 0.2) is 5.96 Å². The SMILES string of the molecule is CCNC(=NCc1ccc(COCC(F)(F)F)cc1)N(C)Cc1csc(C)n1.I. The van der Waals surface area contributed by atoms with Crippen LogP contribution in [0.1, 0.15) is 28.8 Å². The lowest BCUT2D eigenvalue weighted by molar-refractivity contribution is -0.176. The maximum atomic E-state index is 12.1. The van der Waals surface area contributed by atoms with Gasteiger partial charge in [-0.05, 0) is 25.0 Å². The summed E-state index contributed by atoms with van der Waals surface area (Å²) in [6.07, 6.45) is -4.30. The highest BCUT2D eigenvalue weighted by molar-refractivity contribution is 14.0. The minimum Gasteiger partial charge on any atom is -0.367 e. The van der Waals surface area contributed by atoms with E-state index in [1.54, 1.807) is 23.5 Å². The summed E-state index contributed by atoms with van der Waals surface area (Å²) in [5.41, 5.74) is 2.66. The monoisotopic (exact) mass is 542 g/mol. The largest absolute Gasteiger partial charge is 0.411 e. The Balaban J connectivity index is 0.00000420. The van der Waals surface area contributed by atoms with E-state index in [0.29, 0.717) is 18.7 Å². The van der Waals surface area contributed by atoms with Crippen LogP contribution in [-0.4, -0.2) is 42.2 Å². The van der Waals surface area contributed by atoms with Crippen molar-refractivity contribution in [2.75, 3.05) is 20.2 Å². The molecule has 0 atom stereocenters. The number of alkyl halides is 3. The first-order chi connectivity index (χ1) is 13.3. The molecule has 2 aromatic rings. The van der Waals surface area contributed by atoms with E-state index in [0.717, 1.165) is 28.8 Å². The van der Waals surface area contributed by atoms with Crippen molar-refractivity contribution in [3.05, 3.63) is 51.5 Å². The summed E-state index contributed by atoms with van der Waals surface area (Å²) in [7, 11) is 1.96. The molecule has 0 fully saturated rings. The predicted octanol–water partition coefficient (Wildman–Crippen LogP) is 4.75. The van der Waals surface area contributed by atoms with Crippen LogP contribution in [0.25, 0.3) is 0 Å². The second kappa shape index (κ2) is 12.3. The predicted molar refractivity (Wildman–Crippen MR) is 121 cm³/mol. The van der Waals surface area contributed by atoms with Gasteiger partial charge in [-0.15, -0.1) is 35.3 Å². The number of rotatable bonds is 8. The van der Waals surface area contributed by atoms with Crippen LogP contribution in [0.15, 0.2) is 34.6 Å². The Morgan fingerprint density at radius 2 is 1.90 bits per heavy atom. The number of hydrogen-bond donors (Lipinski definition) is 1. The highest BCUT2D eigenvalue weighted by Crippen LogP contribution is 2.16. The van der Waals surface area contributed by atoms with Crippen molar-refractivity contribution in [3.8, 4) is 0 Å². The van der Waals surface area contributed by atoms with Gasteiger partial charge in [0.2, 0.25) is 0 Å². The number of hydrogen-bond acceptors (Lipinski definition) is 4. The maximum absolute atomic E-state index is 12.1. The van der Waals surface area contributed by atoms with Gasteiger partial charge in [0.05, 0.1) is 30.4 Å². The molecule has 1 N–H and O–H groups in total. The van der Waals surface area contributed by atoms with Crippen molar-refractivity contribution in [1.82, 2.24) is 15.2 Å². The number of nitrogens with one attached hydrogen (secondary N) is 1. The van der Waals surface area contributed by atoms with Gasteiger partial charge in [0.25, 0.3) is 0 Å². The Kier molecular flexibility index (Phi) is 10.9. The van der Waals surface area contributed by atoms with E-state index in [9.17, 15) is 13.2 Å². The van der Waals surface area contributed by atoms with Crippen molar-refractivity contribution in [2.24, 2.45) is 4.99 Å². The van der Waals surface area contributed by atoms with Gasteiger partial charge in [0, 0.05) is 19.0 Å². The molecule has 0 aliphatic heterocycles. The molecule has 0 aliphatic rings. The standard InChI is InChI=1S/C19H25F3N4OS.HI/c1-4-23-18(26(3)10-17-12-28-14(2)25-17)24-9-15-5-7-16(8-6-15)11-27-13-19(20,21)22;/h5-8,12H,4,9-11,13H2,1-3H3,(H,23,24);1H. The molecule has 0 amide bonds. The first kappa shape index (κ1) is 25.6.